The summed E-state index contributed by atoms with van der Waals surface area (Å²) in [6.45, 7) is 8.17. The van der Waals surface area contributed by atoms with Crippen molar-refractivity contribution in [2.45, 2.75) is 43.1 Å². The maximum Gasteiger partial charge on any atom is 0.257 e. The number of piperazine rings is 1. The number of amides is 1. The molecule has 1 heterocycles. The lowest BCUT2D eigenvalue weighted by Gasteiger charge is -2.36. The van der Waals surface area contributed by atoms with Crippen LogP contribution in [-0.4, -0.2) is 71.4 Å². The number of rotatable bonds is 6. The van der Waals surface area contributed by atoms with Crippen LogP contribution < -0.4 is 9.64 Å². The van der Waals surface area contributed by atoms with Crippen LogP contribution in [0.5, 0.6) is 5.75 Å². The Labute approximate surface area is 206 Å². The lowest BCUT2D eigenvalue weighted by atomic mass is 10.1. The molecule has 1 amide bonds. The summed E-state index contributed by atoms with van der Waals surface area (Å²) in [5, 5.41) is 0. The smallest absolute Gasteiger partial charge is 0.257 e. The Balaban J connectivity index is 1.82. The van der Waals surface area contributed by atoms with E-state index < -0.39 is 31.1 Å². The number of hydrogen-bond donors (Lipinski definition) is 0. The highest BCUT2D eigenvalue weighted by molar-refractivity contribution is 7.91. The maximum absolute atomic E-state index is 14.7. The van der Waals surface area contributed by atoms with E-state index >= 15 is 0 Å². The minimum atomic E-state index is -3.53. The Bertz CT molecular complexity index is 1330. The predicted octanol–water partition coefficient (Wildman–Crippen LogP) is 3.16. The number of carbonyl (C=O) groups is 1. The van der Waals surface area contributed by atoms with Gasteiger partial charge in [0, 0.05) is 32.4 Å². The van der Waals surface area contributed by atoms with Gasteiger partial charge in [0.15, 0.2) is 19.7 Å². The normalized spacial score (nSPS) is 15.3. The van der Waals surface area contributed by atoms with Gasteiger partial charge in [-0.3, -0.25) is 4.79 Å². The first kappa shape index (κ1) is 26.9. The Morgan fingerprint density at radius 2 is 1.57 bits per heavy atom. The van der Waals surface area contributed by atoms with Crippen molar-refractivity contribution in [1.29, 1.82) is 0 Å². The van der Waals surface area contributed by atoms with Crippen LogP contribution in [0.4, 0.5) is 10.1 Å². The molecule has 1 aliphatic rings. The van der Waals surface area contributed by atoms with Gasteiger partial charge < -0.3 is 14.5 Å². The molecule has 0 aliphatic carbocycles. The zero-order valence-corrected chi connectivity index (χ0v) is 22.2. The Kier molecular flexibility index (Phi) is 7.52. The first-order valence-corrected chi connectivity index (χ1v) is 14.8. The molecular formula is C24H31FN2O6S2. The zero-order chi connectivity index (χ0) is 26.2. The van der Waals surface area contributed by atoms with E-state index in [1.807, 2.05) is 20.8 Å². The first-order valence-electron chi connectivity index (χ1n) is 11.2. The van der Waals surface area contributed by atoms with E-state index in [0.29, 0.717) is 13.1 Å². The fourth-order valence-electron chi connectivity index (χ4n) is 3.75. The van der Waals surface area contributed by atoms with E-state index in [9.17, 15) is 26.0 Å². The molecule has 0 unspecified atom stereocenters. The van der Waals surface area contributed by atoms with Crippen molar-refractivity contribution < 1.29 is 30.8 Å². The number of hydrogen-bond acceptors (Lipinski definition) is 7. The van der Waals surface area contributed by atoms with Crippen LogP contribution in [0.1, 0.15) is 38.1 Å². The molecule has 1 fully saturated rings. The van der Waals surface area contributed by atoms with Gasteiger partial charge in [0.05, 0.1) is 26.8 Å². The number of benzene rings is 2. The summed E-state index contributed by atoms with van der Waals surface area (Å²) in [5.74, 6) is -0.843. The van der Waals surface area contributed by atoms with Crippen molar-refractivity contribution in [3.8, 4) is 5.75 Å². The monoisotopic (exact) mass is 526 g/mol. The maximum atomic E-state index is 14.7. The molecule has 192 valence electrons. The summed E-state index contributed by atoms with van der Waals surface area (Å²) >= 11 is 0. The second-order valence-electron chi connectivity index (χ2n) is 9.44. The number of halogens is 1. The molecule has 8 nitrogen and oxygen atoms in total. The zero-order valence-electron chi connectivity index (χ0n) is 20.5. The van der Waals surface area contributed by atoms with Crippen molar-refractivity contribution in [1.82, 2.24) is 4.90 Å². The molecule has 3 rings (SSSR count). The molecule has 0 radical (unpaired) electrons. The second-order valence-corrected chi connectivity index (χ2v) is 13.7. The van der Waals surface area contributed by atoms with Crippen molar-refractivity contribution >= 4 is 31.3 Å². The number of anilines is 1. The van der Waals surface area contributed by atoms with E-state index in [2.05, 4.69) is 0 Å². The predicted molar refractivity (Wildman–Crippen MR) is 132 cm³/mol. The average Bonchev–Trinajstić information content (AvgIpc) is 2.77. The summed E-state index contributed by atoms with van der Waals surface area (Å²) in [6.07, 6.45) is 1.07. The van der Waals surface area contributed by atoms with E-state index in [1.54, 1.807) is 9.80 Å². The Morgan fingerprint density at radius 3 is 2.09 bits per heavy atom. The van der Waals surface area contributed by atoms with E-state index in [-0.39, 0.29) is 51.5 Å². The van der Waals surface area contributed by atoms with E-state index in [4.69, 9.17) is 4.74 Å². The highest BCUT2D eigenvalue weighted by Crippen LogP contribution is 2.29. The topological polar surface area (TPSA) is 101 Å². The number of nitrogens with zero attached hydrogens (tertiary/aromatic N) is 2. The molecule has 0 atom stereocenters. The third kappa shape index (κ3) is 6.32. The summed E-state index contributed by atoms with van der Waals surface area (Å²) in [7, 11) is -7.05. The fraction of sp³-hybridized carbons (Fsp3) is 0.458. The van der Waals surface area contributed by atoms with Crippen molar-refractivity contribution in [2.75, 3.05) is 43.1 Å². The summed E-state index contributed by atoms with van der Waals surface area (Å²) < 4.78 is 68.8. The summed E-state index contributed by atoms with van der Waals surface area (Å²) in [5.41, 5.74) is -0.186. The molecule has 2 aromatic carbocycles. The van der Waals surface area contributed by atoms with Gasteiger partial charge >= 0.3 is 0 Å². The summed E-state index contributed by atoms with van der Waals surface area (Å²) in [6, 6.07) is 8.10. The Morgan fingerprint density at radius 1 is 0.971 bits per heavy atom. The molecule has 0 aromatic heterocycles. The van der Waals surface area contributed by atoms with E-state index in [1.165, 1.54) is 37.3 Å². The second kappa shape index (κ2) is 9.77. The van der Waals surface area contributed by atoms with Crippen molar-refractivity contribution in [3.63, 3.8) is 0 Å². The van der Waals surface area contributed by atoms with Crippen LogP contribution in [-0.2, 0) is 19.7 Å². The molecule has 35 heavy (non-hydrogen) atoms. The van der Waals surface area contributed by atoms with Gasteiger partial charge in [-0.15, -0.1) is 0 Å². The first-order chi connectivity index (χ1) is 16.1. The fourth-order valence-corrected chi connectivity index (χ4v) is 5.29. The molecule has 1 saturated heterocycles. The molecule has 1 aliphatic heterocycles. The molecule has 0 spiro atoms. The molecule has 2 aromatic rings. The third-order valence-corrected chi connectivity index (χ3v) is 8.43. The van der Waals surface area contributed by atoms with E-state index in [0.717, 1.165) is 12.3 Å². The molecule has 0 saturated carbocycles. The standard InChI is InChI=1S/C24H31FN2O6S2/c1-6-35(31,32)18-7-9-21(20(25)16-18)26-11-13-27(14-12-26)23(28)19-15-17(34(5,29)30)8-10-22(19)33-24(2,3)4/h7-10,15-16H,6,11-14H2,1-5H3. The minimum absolute atomic E-state index is 0.0185. The molecule has 11 heteroatoms. The van der Waals surface area contributed by atoms with Gasteiger partial charge in [-0.1, -0.05) is 6.92 Å². The van der Waals surface area contributed by atoms with Crippen LogP contribution in [0.2, 0.25) is 0 Å². The lowest BCUT2D eigenvalue weighted by molar-refractivity contribution is 0.0730. The van der Waals surface area contributed by atoms with Gasteiger partial charge in [-0.2, -0.15) is 0 Å². The van der Waals surface area contributed by atoms with Gasteiger partial charge in [0.25, 0.3) is 5.91 Å². The van der Waals surface area contributed by atoms with Crippen LogP contribution in [0.3, 0.4) is 0 Å². The van der Waals surface area contributed by atoms with Gasteiger partial charge in [0.1, 0.15) is 17.2 Å². The number of ether oxygens (including phenoxy) is 1. The van der Waals surface area contributed by atoms with Gasteiger partial charge in [-0.25, -0.2) is 21.2 Å². The van der Waals surface area contributed by atoms with Gasteiger partial charge in [0.2, 0.25) is 0 Å². The number of sulfone groups is 2. The van der Waals surface area contributed by atoms with Crippen molar-refractivity contribution in [2.24, 2.45) is 0 Å². The minimum Gasteiger partial charge on any atom is -0.487 e. The van der Waals surface area contributed by atoms with Crippen LogP contribution >= 0.6 is 0 Å². The average molecular weight is 527 g/mol. The summed E-state index contributed by atoms with van der Waals surface area (Å²) in [4.78, 5) is 16.7. The largest absolute Gasteiger partial charge is 0.487 e. The lowest BCUT2D eigenvalue weighted by Crippen LogP contribution is -2.49. The van der Waals surface area contributed by atoms with Crippen LogP contribution in [0.25, 0.3) is 0 Å². The van der Waals surface area contributed by atoms with Crippen LogP contribution in [0, 0.1) is 5.82 Å². The third-order valence-electron chi connectivity index (χ3n) is 5.59. The molecule has 0 N–H and O–H groups in total. The van der Waals surface area contributed by atoms with Gasteiger partial charge in [-0.05, 0) is 57.2 Å². The molecule has 0 bridgehead atoms. The quantitative estimate of drug-likeness (QED) is 0.570. The number of carbonyl (C=O) groups excluding carboxylic acids is 1. The Hall–Kier alpha value is -2.66. The SMILES string of the molecule is CCS(=O)(=O)c1ccc(N2CCN(C(=O)c3cc(S(C)(=O)=O)ccc3OC(C)(C)C)CC2)c(F)c1. The van der Waals surface area contributed by atoms with Crippen molar-refractivity contribution in [3.05, 3.63) is 47.8 Å². The van der Waals surface area contributed by atoms with Crippen LogP contribution in [0.15, 0.2) is 46.2 Å². The highest BCUT2D eigenvalue weighted by Gasteiger charge is 2.28. The molecular weight excluding hydrogens is 495 g/mol. The highest BCUT2D eigenvalue weighted by atomic mass is 32.2.